The molecule has 0 fully saturated rings. The lowest BCUT2D eigenvalue weighted by atomic mass is 9.93. The standard InChI is InChI=1S/C12H18INO5S/c1-8(2)11(12(15)16-3)9-7-10(14-19-9)17-5-4-6-18-20-13/h7-8,11H,4-6H2,1-3H3. The molecule has 20 heavy (non-hydrogen) atoms. The Kier molecular flexibility index (Phi) is 8.31. The van der Waals surface area contributed by atoms with Crippen LogP contribution in [0.4, 0.5) is 0 Å². The summed E-state index contributed by atoms with van der Waals surface area (Å²) in [6, 6.07) is 1.63. The van der Waals surface area contributed by atoms with Crippen LogP contribution < -0.4 is 4.74 Å². The Labute approximate surface area is 134 Å². The fraction of sp³-hybridized carbons (Fsp3) is 0.667. The molecule has 1 atom stereocenters. The molecule has 0 bridgehead atoms. The molecule has 0 aliphatic heterocycles. The third-order valence-corrected chi connectivity index (χ3v) is 3.62. The molecule has 0 saturated heterocycles. The van der Waals surface area contributed by atoms with Crippen LogP contribution in [-0.2, 0) is 13.7 Å². The van der Waals surface area contributed by atoms with Gasteiger partial charge >= 0.3 is 5.97 Å². The summed E-state index contributed by atoms with van der Waals surface area (Å²) >= 11 is 2.06. The highest BCUT2D eigenvalue weighted by Gasteiger charge is 2.29. The third kappa shape index (κ3) is 5.49. The first kappa shape index (κ1) is 17.6. The lowest BCUT2D eigenvalue weighted by molar-refractivity contribution is -0.144. The van der Waals surface area contributed by atoms with E-state index in [4.69, 9.17) is 18.2 Å². The van der Waals surface area contributed by atoms with Gasteiger partial charge < -0.3 is 18.2 Å². The summed E-state index contributed by atoms with van der Waals surface area (Å²) in [7, 11) is 2.65. The van der Waals surface area contributed by atoms with E-state index in [2.05, 4.69) is 26.4 Å². The number of halogens is 1. The van der Waals surface area contributed by atoms with Crippen LogP contribution in [-0.4, -0.2) is 31.4 Å². The second-order valence-electron chi connectivity index (χ2n) is 4.40. The van der Waals surface area contributed by atoms with Gasteiger partial charge in [-0.25, -0.2) is 0 Å². The lowest BCUT2D eigenvalue weighted by Gasteiger charge is -2.14. The number of aromatic nitrogens is 1. The zero-order chi connectivity index (χ0) is 15.0. The smallest absolute Gasteiger partial charge is 0.316 e. The van der Waals surface area contributed by atoms with Crippen LogP contribution in [0.15, 0.2) is 10.6 Å². The maximum Gasteiger partial charge on any atom is 0.316 e. The number of esters is 1. The highest BCUT2D eigenvalue weighted by molar-refractivity contribution is 14.2. The molecule has 8 heteroatoms. The molecule has 1 rings (SSSR count). The van der Waals surface area contributed by atoms with E-state index in [9.17, 15) is 4.79 Å². The molecule has 0 aromatic carbocycles. The maximum absolute atomic E-state index is 11.7. The lowest BCUT2D eigenvalue weighted by Crippen LogP contribution is -2.19. The van der Waals surface area contributed by atoms with E-state index in [1.165, 1.54) is 16.3 Å². The second-order valence-corrected chi connectivity index (χ2v) is 5.84. The van der Waals surface area contributed by atoms with Crippen molar-refractivity contribution in [2.24, 2.45) is 5.92 Å². The van der Waals surface area contributed by atoms with Gasteiger partial charge in [0, 0.05) is 33.7 Å². The number of nitrogens with zero attached hydrogens (tertiary/aromatic N) is 1. The minimum absolute atomic E-state index is 0.0531. The zero-order valence-electron chi connectivity index (χ0n) is 11.6. The summed E-state index contributed by atoms with van der Waals surface area (Å²) in [5, 5.41) is 3.80. The Morgan fingerprint density at radius 3 is 2.85 bits per heavy atom. The summed E-state index contributed by atoms with van der Waals surface area (Å²) in [5.74, 6) is 0.0775. The SMILES string of the molecule is COC(=O)C(c1cc(OCCCOSI)no1)C(C)C. The van der Waals surface area contributed by atoms with Gasteiger partial charge in [0.05, 0.1) is 29.5 Å². The Balaban J connectivity index is 2.54. The van der Waals surface area contributed by atoms with Gasteiger partial charge in [-0.15, -0.1) is 0 Å². The van der Waals surface area contributed by atoms with Crippen LogP contribution in [0.1, 0.15) is 31.9 Å². The van der Waals surface area contributed by atoms with Crippen molar-refractivity contribution in [2.75, 3.05) is 20.3 Å². The number of hydrogen-bond acceptors (Lipinski definition) is 7. The highest BCUT2D eigenvalue weighted by atomic mass is 127. The predicted octanol–water partition coefficient (Wildman–Crippen LogP) is 3.37. The van der Waals surface area contributed by atoms with Gasteiger partial charge in [-0.05, 0) is 11.1 Å². The van der Waals surface area contributed by atoms with Crippen LogP contribution in [0.3, 0.4) is 0 Å². The summed E-state index contributed by atoms with van der Waals surface area (Å²) in [6.07, 6.45) is 0.753. The van der Waals surface area contributed by atoms with E-state index < -0.39 is 5.92 Å². The fourth-order valence-electron chi connectivity index (χ4n) is 1.66. The number of carbonyl (C=O) groups excluding carboxylic acids is 1. The molecule has 1 heterocycles. The summed E-state index contributed by atoms with van der Waals surface area (Å²) < 4.78 is 20.5. The minimum Gasteiger partial charge on any atom is -0.475 e. The number of rotatable bonds is 9. The first-order chi connectivity index (χ1) is 9.60. The molecule has 0 N–H and O–H groups in total. The summed E-state index contributed by atoms with van der Waals surface area (Å²) in [4.78, 5) is 11.7. The van der Waals surface area contributed by atoms with Crippen molar-refractivity contribution in [1.82, 2.24) is 5.16 Å². The van der Waals surface area contributed by atoms with Crippen molar-refractivity contribution in [2.45, 2.75) is 26.2 Å². The molecular weight excluding hydrogens is 397 g/mol. The quantitative estimate of drug-likeness (QED) is 0.265. The topological polar surface area (TPSA) is 70.8 Å². The monoisotopic (exact) mass is 415 g/mol. The van der Waals surface area contributed by atoms with Gasteiger partial charge in [0.15, 0.2) is 5.76 Å². The van der Waals surface area contributed by atoms with Gasteiger partial charge in [-0.2, -0.15) is 0 Å². The summed E-state index contributed by atoms with van der Waals surface area (Å²) in [6.45, 7) is 4.93. The third-order valence-electron chi connectivity index (χ3n) is 2.60. The molecule has 114 valence electrons. The first-order valence-corrected chi connectivity index (χ1v) is 9.46. The van der Waals surface area contributed by atoms with Gasteiger partial charge in [0.25, 0.3) is 5.88 Å². The first-order valence-electron chi connectivity index (χ1n) is 6.17. The predicted molar refractivity (Wildman–Crippen MR) is 83.8 cm³/mol. The molecular formula is C12H18INO5S. The van der Waals surface area contributed by atoms with E-state index in [-0.39, 0.29) is 11.9 Å². The Morgan fingerprint density at radius 1 is 1.50 bits per heavy atom. The molecule has 0 radical (unpaired) electrons. The van der Waals surface area contributed by atoms with E-state index >= 15 is 0 Å². The van der Waals surface area contributed by atoms with Crippen molar-refractivity contribution in [3.8, 4) is 5.88 Å². The zero-order valence-corrected chi connectivity index (χ0v) is 14.6. The van der Waals surface area contributed by atoms with Crippen molar-refractivity contribution in [1.29, 1.82) is 0 Å². The van der Waals surface area contributed by atoms with Crippen molar-refractivity contribution in [3.05, 3.63) is 11.8 Å². The van der Waals surface area contributed by atoms with Crippen LogP contribution in [0.25, 0.3) is 0 Å². The molecule has 0 aliphatic rings. The Hall–Kier alpha value is -0.480. The van der Waals surface area contributed by atoms with Crippen molar-refractivity contribution < 1.29 is 23.0 Å². The molecule has 0 saturated carbocycles. The molecule has 0 aliphatic carbocycles. The molecule has 1 aromatic heterocycles. The Bertz CT molecular complexity index is 412. The van der Waals surface area contributed by atoms with E-state index in [0.29, 0.717) is 24.9 Å². The van der Waals surface area contributed by atoms with E-state index in [1.54, 1.807) is 6.07 Å². The molecule has 1 aromatic rings. The number of ether oxygens (including phenoxy) is 2. The molecule has 0 amide bonds. The second kappa shape index (κ2) is 9.46. The molecule has 6 nitrogen and oxygen atoms in total. The van der Waals surface area contributed by atoms with Gasteiger partial charge in [0.2, 0.25) is 0 Å². The number of methoxy groups -OCH3 is 1. The van der Waals surface area contributed by atoms with Crippen molar-refractivity contribution >= 4 is 36.4 Å². The van der Waals surface area contributed by atoms with Crippen molar-refractivity contribution in [3.63, 3.8) is 0 Å². The van der Waals surface area contributed by atoms with Crippen LogP contribution in [0.5, 0.6) is 5.88 Å². The highest BCUT2D eigenvalue weighted by Crippen LogP contribution is 2.28. The summed E-state index contributed by atoms with van der Waals surface area (Å²) in [5.41, 5.74) is 0. The Morgan fingerprint density at radius 2 is 2.25 bits per heavy atom. The van der Waals surface area contributed by atoms with Crippen LogP contribution >= 0.6 is 30.4 Å². The van der Waals surface area contributed by atoms with Crippen LogP contribution in [0, 0.1) is 5.92 Å². The average Bonchev–Trinajstić information content (AvgIpc) is 2.86. The van der Waals surface area contributed by atoms with Gasteiger partial charge in [-0.1, -0.05) is 13.8 Å². The van der Waals surface area contributed by atoms with E-state index in [1.807, 2.05) is 13.8 Å². The number of hydrogen-bond donors (Lipinski definition) is 0. The van der Waals surface area contributed by atoms with Crippen LogP contribution in [0.2, 0.25) is 0 Å². The van der Waals surface area contributed by atoms with E-state index in [0.717, 1.165) is 6.42 Å². The van der Waals surface area contributed by atoms with Gasteiger partial charge in [-0.3, -0.25) is 4.79 Å². The average molecular weight is 415 g/mol. The fourth-order valence-corrected chi connectivity index (χ4v) is 2.38. The molecule has 1 unspecified atom stereocenters. The van der Waals surface area contributed by atoms with Gasteiger partial charge in [0.1, 0.15) is 5.92 Å². The normalized spacial score (nSPS) is 12.4. The largest absolute Gasteiger partial charge is 0.475 e. The maximum atomic E-state index is 11.7. The molecule has 0 spiro atoms. The number of carbonyl (C=O) groups is 1. The minimum atomic E-state index is -0.469.